The van der Waals surface area contributed by atoms with Crippen LogP contribution in [0, 0.1) is 10.1 Å². The van der Waals surface area contributed by atoms with Gasteiger partial charge in [-0.25, -0.2) is 0 Å². The van der Waals surface area contributed by atoms with Crippen molar-refractivity contribution >= 4 is 11.8 Å². The van der Waals surface area contributed by atoms with Crippen LogP contribution in [0.5, 0.6) is 5.75 Å². The van der Waals surface area contributed by atoms with Crippen LogP contribution in [0.15, 0.2) is 18.2 Å². The third kappa shape index (κ3) is 3.31. The van der Waals surface area contributed by atoms with Crippen LogP contribution in [0.4, 0.5) is 0 Å². The summed E-state index contributed by atoms with van der Waals surface area (Å²) in [5.74, 6) is -0.515. The third-order valence-electron chi connectivity index (χ3n) is 3.07. The molecule has 0 saturated carbocycles. The van der Waals surface area contributed by atoms with Crippen LogP contribution in [-0.4, -0.2) is 55.2 Å². The van der Waals surface area contributed by atoms with Crippen molar-refractivity contribution < 1.29 is 24.3 Å². The average molecular weight is 309 g/mol. The molecule has 0 spiro atoms. The molecule has 1 aromatic carbocycles. The minimum Gasteiger partial charge on any atom is -0.492 e. The number of likely N-dealkylation sites (N-methyl/N-ethyl adjacent to an activating group) is 1. The van der Waals surface area contributed by atoms with Gasteiger partial charge in [0.05, 0.1) is 17.7 Å². The highest BCUT2D eigenvalue weighted by atomic mass is 16.9. The van der Waals surface area contributed by atoms with E-state index in [-0.39, 0.29) is 24.3 Å². The van der Waals surface area contributed by atoms with Gasteiger partial charge >= 0.3 is 0 Å². The van der Waals surface area contributed by atoms with Gasteiger partial charge in [0, 0.05) is 6.54 Å². The average Bonchev–Trinajstić information content (AvgIpc) is 2.72. The lowest BCUT2D eigenvalue weighted by molar-refractivity contribution is -0.757. The molecule has 0 bridgehead atoms. The van der Waals surface area contributed by atoms with Crippen molar-refractivity contribution in [3.63, 3.8) is 0 Å². The molecule has 9 heteroatoms. The molecule has 1 aliphatic heterocycles. The van der Waals surface area contributed by atoms with Crippen molar-refractivity contribution in [2.75, 3.05) is 33.4 Å². The number of nitrogens with one attached hydrogen (secondary N) is 1. The van der Waals surface area contributed by atoms with Gasteiger partial charge in [0.2, 0.25) is 0 Å². The Labute approximate surface area is 125 Å². The lowest BCUT2D eigenvalue weighted by atomic mass is 10.1. The van der Waals surface area contributed by atoms with E-state index in [0.717, 1.165) is 4.90 Å². The number of benzene rings is 1. The summed E-state index contributed by atoms with van der Waals surface area (Å²) < 4.78 is 5.44. The molecule has 0 aromatic heterocycles. The van der Waals surface area contributed by atoms with E-state index in [1.54, 1.807) is 13.1 Å². The molecule has 0 atom stereocenters. The number of amides is 2. The molecule has 0 unspecified atom stereocenters. The first kappa shape index (κ1) is 15.7. The molecule has 9 nitrogen and oxygen atoms in total. The van der Waals surface area contributed by atoms with Crippen molar-refractivity contribution in [1.29, 1.82) is 0 Å². The Bertz CT molecular complexity index is 603. The van der Waals surface area contributed by atoms with Gasteiger partial charge in [0.25, 0.3) is 16.9 Å². The van der Waals surface area contributed by atoms with Gasteiger partial charge in [-0.15, -0.1) is 10.1 Å². The fourth-order valence-corrected chi connectivity index (χ4v) is 2.04. The highest BCUT2D eigenvalue weighted by molar-refractivity contribution is 6.21. The third-order valence-corrected chi connectivity index (χ3v) is 3.07. The molecule has 2 amide bonds. The highest BCUT2D eigenvalue weighted by Crippen LogP contribution is 2.26. The van der Waals surface area contributed by atoms with E-state index in [4.69, 9.17) is 4.74 Å². The van der Waals surface area contributed by atoms with E-state index in [2.05, 4.69) is 10.2 Å². The van der Waals surface area contributed by atoms with Gasteiger partial charge in [0.15, 0.2) is 0 Å². The van der Waals surface area contributed by atoms with Crippen LogP contribution in [0.1, 0.15) is 20.7 Å². The Morgan fingerprint density at radius 3 is 2.64 bits per heavy atom. The summed E-state index contributed by atoms with van der Waals surface area (Å²) in [7, 11) is 1.79. The van der Waals surface area contributed by atoms with E-state index < -0.39 is 16.9 Å². The molecule has 0 aliphatic carbocycles. The molecular weight excluding hydrogens is 294 g/mol. The minimum absolute atomic E-state index is 0.177. The minimum atomic E-state index is -0.966. The lowest BCUT2D eigenvalue weighted by Gasteiger charge is -2.12. The first-order valence-electron chi connectivity index (χ1n) is 6.59. The predicted molar refractivity (Wildman–Crippen MR) is 74.2 cm³/mol. The summed E-state index contributed by atoms with van der Waals surface area (Å²) in [4.78, 5) is 39.4. The Morgan fingerprint density at radius 2 is 1.95 bits per heavy atom. The zero-order valence-corrected chi connectivity index (χ0v) is 11.9. The van der Waals surface area contributed by atoms with Gasteiger partial charge in [-0.3, -0.25) is 14.5 Å². The lowest BCUT2D eigenvalue weighted by Crippen LogP contribution is -2.33. The molecule has 118 valence electrons. The van der Waals surface area contributed by atoms with Crippen molar-refractivity contribution in [3.05, 3.63) is 39.4 Å². The number of carbonyl (C=O) groups excluding carboxylic acids is 2. The van der Waals surface area contributed by atoms with Crippen molar-refractivity contribution in [1.82, 2.24) is 10.2 Å². The van der Waals surface area contributed by atoms with Gasteiger partial charge in [-0.2, -0.15) is 0 Å². The Hall–Kier alpha value is -2.68. The normalized spacial score (nSPS) is 13.2. The van der Waals surface area contributed by atoms with Crippen LogP contribution < -0.4 is 10.1 Å². The van der Waals surface area contributed by atoms with Crippen LogP contribution in [-0.2, 0) is 4.84 Å². The Morgan fingerprint density at radius 1 is 1.23 bits per heavy atom. The topological polar surface area (TPSA) is 111 Å². The SMILES string of the molecule is CNCCOc1ccc2c(c1)C(=O)N(CCO[N+](=O)[O-])C2=O. The van der Waals surface area contributed by atoms with Crippen LogP contribution in [0.3, 0.4) is 0 Å². The molecule has 0 fully saturated rings. The smallest absolute Gasteiger partial charge is 0.294 e. The number of hydrogen-bond acceptors (Lipinski definition) is 7. The summed E-state index contributed by atoms with van der Waals surface area (Å²) in [6.45, 7) is 0.541. The number of ether oxygens (including phenoxy) is 1. The van der Waals surface area contributed by atoms with E-state index in [1.165, 1.54) is 12.1 Å². The molecular formula is C13H15N3O6. The summed E-state index contributed by atoms with van der Waals surface area (Å²) in [5.41, 5.74) is 0.486. The van der Waals surface area contributed by atoms with Gasteiger partial charge < -0.3 is 14.9 Å². The van der Waals surface area contributed by atoms with Crippen molar-refractivity contribution in [3.8, 4) is 5.75 Å². The highest BCUT2D eigenvalue weighted by Gasteiger charge is 2.35. The van der Waals surface area contributed by atoms with Gasteiger partial charge in [-0.05, 0) is 25.2 Å². The standard InChI is InChI=1S/C13H15N3O6/c1-14-4-6-21-9-2-3-10-11(8-9)13(18)15(12(10)17)5-7-22-16(19)20/h2-3,8,14H,4-7H2,1H3. The summed E-state index contributed by atoms with van der Waals surface area (Å²) in [6, 6.07) is 4.62. The summed E-state index contributed by atoms with van der Waals surface area (Å²) in [6.07, 6.45) is 0. The maximum absolute atomic E-state index is 12.2. The largest absolute Gasteiger partial charge is 0.492 e. The monoisotopic (exact) mass is 309 g/mol. The maximum atomic E-state index is 12.2. The molecule has 0 radical (unpaired) electrons. The maximum Gasteiger partial charge on any atom is 0.294 e. The number of rotatable bonds is 8. The number of imide groups is 1. The Kier molecular flexibility index (Phi) is 4.89. The number of carbonyl (C=O) groups is 2. The quantitative estimate of drug-likeness (QED) is 0.313. The summed E-state index contributed by atoms with van der Waals surface area (Å²) in [5, 5.41) is 12.1. The first-order valence-corrected chi connectivity index (χ1v) is 6.59. The van der Waals surface area contributed by atoms with Gasteiger partial charge in [-0.1, -0.05) is 0 Å². The predicted octanol–water partition coefficient (Wildman–Crippen LogP) is 0.0891. The molecule has 0 saturated heterocycles. The fraction of sp³-hybridized carbons (Fsp3) is 0.385. The fourth-order valence-electron chi connectivity index (χ4n) is 2.04. The van der Waals surface area contributed by atoms with E-state index >= 15 is 0 Å². The van der Waals surface area contributed by atoms with Crippen LogP contribution in [0.2, 0.25) is 0 Å². The van der Waals surface area contributed by atoms with E-state index in [1.807, 2.05) is 0 Å². The molecule has 1 heterocycles. The van der Waals surface area contributed by atoms with Crippen molar-refractivity contribution in [2.45, 2.75) is 0 Å². The zero-order chi connectivity index (χ0) is 16.1. The second-order valence-corrected chi connectivity index (χ2v) is 4.48. The zero-order valence-electron chi connectivity index (χ0n) is 11.9. The van der Waals surface area contributed by atoms with Crippen LogP contribution >= 0.6 is 0 Å². The molecule has 1 aromatic rings. The van der Waals surface area contributed by atoms with E-state index in [0.29, 0.717) is 18.9 Å². The van der Waals surface area contributed by atoms with Crippen LogP contribution in [0.25, 0.3) is 0 Å². The molecule has 22 heavy (non-hydrogen) atoms. The number of hydrogen-bond donors (Lipinski definition) is 1. The second-order valence-electron chi connectivity index (χ2n) is 4.48. The van der Waals surface area contributed by atoms with E-state index in [9.17, 15) is 19.7 Å². The Balaban J connectivity index is 2.07. The van der Waals surface area contributed by atoms with Crippen molar-refractivity contribution in [2.24, 2.45) is 0 Å². The number of nitrogens with zero attached hydrogens (tertiary/aromatic N) is 2. The summed E-state index contributed by atoms with van der Waals surface area (Å²) >= 11 is 0. The molecule has 1 N–H and O–H groups in total. The second kappa shape index (κ2) is 6.85. The molecule has 1 aliphatic rings. The first-order chi connectivity index (χ1) is 10.5. The molecule has 2 rings (SSSR count). The number of fused-ring (bicyclic) bond motifs is 1. The van der Waals surface area contributed by atoms with Gasteiger partial charge in [0.1, 0.15) is 19.0 Å².